The number of rotatable bonds is 11. The van der Waals surface area contributed by atoms with Crippen LogP contribution in [0.1, 0.15) is 24.2 Å². The summed E-state index contributed by atoms with van der Waals surface area (Å²) in [5.41, 5.74) is 9.91. The number of methoxy groups -OCH3 is 1. The van der Waals surface area contributed by atoms with Gasteiger partial charge in [0.1, 0.15) is 11.3 Å². The molecule has 178 valence electrons. The molecule has 0 aliphatic rings. The topological polar surface area (TPSA) is 95.1 Å². The summed E-state index contributed by atoms with van der Waals surface area (Å²) in [6.07, 6.45) is 4.93. The average Bonchev–Trinajstić information content (AvgIpc) is 3.22. The highest BCUT2D eigenvalue weighted by atomic mass is 32.2. The van der Waals surface area contributed by atoms with E-state index in [4.69, 9.17) is 15.5 Å². The fraction of sp³-hybridized carbons (Fsp3) is 0.346. The highest BCUT2D eigenvalue weighted by Crippen LogP contribution is 2.29. The number of fused-ring (bicyclic) bond motifs is 3. The monoisotopic (exact) mass is 477 g/mol. The van der Waals surface area contributed by atoms with Gasteiger partial charge in [-0.2, -0.15) is 0 Å². The Morgan fingerprint density at radius 3 is 2.68 bits per heavy atom. The molecule has 0 saturated heterocycles. The van der Waals surface area contributed by atoms with Crippen LogP contribution < -0.4 is 11.1 Å². The number of aromatic nitrogens is 3. The van der Waals surface area contributed by atoms with Crippen molar-refractivity contribution in [1.29, 1.82) is 0 Å². The van der Waals surface area contributed by atoms with Gasteiger partial charge >= 0.3 is 0 Å². The second-order valence-corrected chi connectivity index (χ2v) is 9.10. The van der Waals surface area contributed by atoms with E-state index in [2.05, 4.69) is 33.1 Å². The van der Waals surface area contributed by atoms with Crippen LogP contribution in [0, 0.1) is 0 Å². The minimum atomic E-state index is 0.0515. The molecule has 8 heteroatoms. The molecule has 0 unspecified atom stereocenters. The van der Waals surface area contributed by atoms with E-state index in [0.717, 1.165) is 52.7 Å². The maximum Gasteiger partial charge on any atom is 0.224 e. The van der Waals surface area contributed by atoms with E-state index in [1.807, 2.05) is 36.6 Å². The Morgan fingerprint density at radius 1 is 1.12 bits per heavy atom. The van der Waals surface area contributed by atoms with Gasteiger partial charge in [-0.05, 0) is 42.9 Å². The number of thioether (sulfide) groups is 1. The zero-order valence-corrected chi connectivity index (χ0v) is 20.5. The summed E-state index contributed by atoms with van der Waals surface area (Å²) in [7, 11) is 1.69. The number of amides is 1. The van der Waals surface area contributed by atoms with E-state index in [1.54, 1.807) is 18.9 Å². The number of benzene rings is 2. The van der Waals surface area contributed by atoms with Gasteiger partial charge in [-0.25, -0.2) is 9.97 Å². The van der Waals surface area contributed by atoms with Crippen LogP contribution in [0.25, 0.3) is 21.9 Å². The highest BCUT2D eigenvalue weighted by molar-refractivity contribution is 7.98. The average molecular weight is 478 g/mol. The number of hydrogen-bond donors (Lipinski definition) is 2. The first-order chi connectivity index (χ1) is 16.6. The fourth-order valence-electron chi connectivity index (χ4n) is 4.14. The molecule has 4 rings (SSSR count). The highest BCUT2D eigenvalue weighted by Gasteiger charge is 2.17. The second-order valence-electron chi connectivity index (χ2n) is 8.22. The van der Waals surface area contributed by atoms with E-state index in [0.29, 0.717) is 31.8 Å². The normalized spacial score (nSPS) is 11.4. The lowest BCUT2D eigenvalue weighted by atomic mass is 10.1. The molecule has 0 fully saturated rings. The summed E-state index contributed by atoms with van der Waals surface area (Å²) in [6, 6.07) is 16.1. The van der Waals surface area contributed by atoms with Crippen molar-refractivity contribution in [3.63, 3.8) is 0 Å². The van der Waals surface area contributed by atoms with Crippen LogP contribution in [0.5, 0.6) is 0 Å². The van der Waals surface area contributed by atoms with Gasteiger partial charge in [-0.1, -0.05) is 30.3 Å². The Morgan fingerprint density at radius 2 is 1.91 bits per heavy atom. The summed E-state index contributed by atoms with van der Waals surface area (Å²) >= 11 is 1.70. The van der Waals surface area contributed by atoms with E-state index in [1.165, 1.54) is 4.90 Å². The molecule has 4 aromatic rings. The van der Waals surface area contributed by atoms with Crippen molar-refractivity contribution in [3.8, 4) is 0 Å². The first-order valence-corrected chi connectivity index (χ1v) is 12.7. The molecule has 0 radical (unpaired) electrons. The largest absolute Gasteiger partial charge is 0.384 e. The van der Waals surface area contributed by atoms with Crippen molar-refractivity contribution in [2.24, 2.45) is 0 Å². The standard InChI is InChI=1S/C26H31N5O2S/c1-33-16-13-22-30-24-25(20-7-3-4-8-21(20)29-26(24)27)31(22)15-6-5-14-28-23(32)17-18-9-11-19(34-2)12-10-18/h3-4,7-12H,5-6,13-17H2,1-2H3,(H2,27,29)(H,28,32). The predicted octanol–water partition coefficient (Wildman–Crippen LogP) is 4.22. The molecule has 0 saturated carbocycles. The summed E-state index contributed by atoms with van der Waals surface area (Å²) in [5.74, 6) is 1.44. The third-order valence-corrected chi connectivity index (χ3v) is 6.62. The number of hydrogen-bond acceptors (Lipinski definition) is 6. The molecule has 1 amide bonds. The fourth-order valence-corrected chi connectivity index (χ4v) is 4.55. The molecule has 34 heavy (non-hydrogen) atoms. The quantitative estimate of drug-likeness (QED) is 0.248. The number of pyridine rings is 1. The van der Waals surface area contributed by atoms with E-state index >= 15 is 0 Å². The van der Waals surface area contributed by atoms with Crippen LogP contribution >= 0.6 is 11.8 Å². The van der Waals surface area contributed by atoms with Crippen molar-refractivity contribution in [2.75, 3.05) is 32.3 Å². The van der Waals surface area contributed by atoms with Crippen molar-refractivity contribution in [3.05, 3.63) is 59.9 Å². The smallest absolute Gasteiger partial charge is 0.224 e. The number of unbranched alkanes of at least 4 members (excludes halogenated alkanes) is 1. The van der Waals surface area contributed by atoms with E-state index in [9.17, 15) is 4.79 Å². The van der Waals surface area contributed by atoms with Gasteiger partial charge in [0.15, 0.2) is 5.82 Å². The lowest BCUT2D eigenvalue weighted by Gasteiger charge is -2.11. The maximum atomic E-state index is 12.3. The van der Waals surface area contributed by atoms with Crippen LogP contribution in [0.2, 0.25) is 0 Å². The first kappa shape index (κ1) is 24.0. The molecule has 2 heterocycles. The van der Waals surface area contributed by atoms with Gasteiger partial charge in [0.2, 0.25) is 5.91 Å². The van der Waals surface area contributed by atoms with Crippen molar-refractivity contribution >= 4 is 45.4 Å². The van der Waals surface area contributed by atoms with Crippen molar-refractivity contribution < 1.29 is 9.53 Å². The van der Waals surface area contributed by atoms with Crippen molar-refractivity contribution in [2.45, 2.75) is 37.1 Å². The zero-order valence-electron chi connectivity index (χ0n) is 19.7. The van der Waals surface area contributed by atoms with Crippen molar-refractivity contribution in [1.82, 2.24) is 19.9 Å². The third kappa shape index (κ3) is 5.51. The molecule has 0 aliphatic carbocycles. The molecular weight excluding hydrogens is 446 g/mol. The van der Waals surface area contributed by atoms with Gasteiger partial charge < -0.3 is 20.4 Å². The minimum Gasteiger partial charge on any atom is -0.384 e. The predicted molar refractivity (Wildman–Crippen MR) is 139 cm³/mol. The number of ether oxygens (including phenoxy) is 1. The number of anilines is 1. The Bertz CT molecular complexity index is 1270. The molecule has 0 atom stereocenters. The van der Waals surface area contributed by atoms with Gasteiger partial charge in [0.25, 0.3) is 0 Å². The lowest BCUT2D eigenvalue weighted by Crippen LogP contribution is -2.26. The second kappa shape index (κ2) is 11.4. The number of imidazole rings is 1. The van der Waals surface area contributed by atoms with Crippen LogP contribution in [-0.4, -0.2) is 47.0 Å². The molecule has 0 bridgehead atoms. The summed E-state index contributed by atoms with van der Waals surface area (Å²) in [5, 5.41) is 4.09. The molecule has 0 spiro atoms. The third-order valence-electron chi connectivity index (χ3n) is 5.87. The van der Waals surface area contributed by atoms with Gasteiger partial charge in [0.05, 0.1) is 24.1 Å². The van der Waals surface area contributed by atoms with Gasteiger partial charge in [-0.15, -0.1) is 11.8 Å². The van der Waals surface area contributed by atoms with Gasteiger partial charge in [0, 0.05) is 36.9 Å². The maximum absolute atomic E-state index is 12.3. The van der Waals surface area contributed by atoms with E-state index < -0.39 is 0 Å². The zero-order chi connectivity index (χ0) is 23.9. The molecular formula is C26H31N5O2S. The Labute approximate surface area is 204 Å². The van der Waals surface area contributed by atoms with Crippen LogP contribution in [0.15, 0.2) is 53.4 Å². The number of aryl methyl sites for hydroxylation is 1. The molecule has 3 N–H and O–H groups in total. The van der Waals surface area contributed by atoms with Gasteiger partial charge in [-0.3, -0.25) is 4.79 Å². The molecule has 2 aromatic heterocycles. The number of nitrogens with one attached hydrogen (secondary N) is 1. The van der Waals surface area contributed by atoms with Crippen LogP contribution in [0.4, 0.5) is 5.82 Å². The summed E-state index contributed by atoms with van der Waals surface area (Å²) < 4.78 is 7.54. The Balaban J connectivity index is 1.40. The molecule has 2 aromatic carbocycles. The first-order valence-electron chi connectivity index (χ1n) is 11.5. The molecule has 7 nitrogen and oxygen atoms in total. The number of nitrogen functional groups attached to an aromatic ring is 1. The Hall–Kier alpha value is -3.10. The Kier molecular flexibility index (Phi) is 8.03. The van der Waals surface area contributed by atoms with E-state index in [-0.39, 0.29) is 5.91 Å². The SMILES string of the molecule is COCCc1nc2c(N)nc3ccccc3c2n1CCCCNC(=O)Cc1ccc(SC)cc1. The summed E-state index contributed by atoms with van der Waals surface area (Å²) in [6.45, 7) is 2.02. The number of para-hydroxylation sites is 1. The molecule has 0 aliphatic heterocycles. The van der Waals surface area contributed by atoms with Crippen LogP contribution in [0.3, 0.4) is 0 Å². The number of carbonyl (C=O) groups excluding carboxylic acids is 1. The number of carbonyl (C=O) groups is 1. The lowest BCUT2D eigenvalue weighted by molar-refractivity contribution is -0.120. The number of nitrogens with two attached hydrogens (primary N) is 1. The van der Waals surface area contributed by atoms with Crippen LogP contribution in [-0.2, 0) is 28.9 Å². The minimum absolute atomic E-state index is 0.0515. The summed E-state index contributed by atoms with van der Waals surface area (Å²) in [4.78, 5) is 22.9. The number of nitrogens with zero attached hydrogens (tertiary/aromatic N) is 3.